The third kappa shape index (κ3) is 2.83. The zero-order valence-electron chi connectivity index (χ0n) is 13.1. The zero-order valence-corrected chi connectivity index (χ0v) is 13.1. The molecule has 3 heterocycles. The summed E-state index contributed by atoms with van der Waals surface area (Å²) in [4.78, 5) is 15.0. The Bertz CT molecular complexity index is 658. The maximum absolute atomic E-state index is 13.0. The number of para-hydroxylation sites is 1. The van der Waals surface area contributed by atoms with Crippen molar-refractivity contribution in [3.8, 4) is 5.75 Å². The van der Waals surface area contributed by atoms with Gasteiger partial charge in [-0.3, -0.25) is 9.48 Å². The number of rotatable bonds is 3. The van der Waals surface area contributed by atoms with Gasteiger partial charge in [0.2, 0.25) is 0 Å². The first kappa shape index (κ1) is 14.3. The summed E-state index contributed by atoms with van der Waals surface area (Å²) in [5.41, 5.74) is 1.13. The first-order chi connectivity index (χ1) is 11.3. The van der Waals surface area contributed by atoms with Gasteiger partial charge in [-0.15, -0.1) is 0 Å². The summed E-state index contributed by atoms with van der Waals surface area (Å²) in [7, 11) is 0. The average molecular weight is 311 g/mol. The molecule has 0 radical (unpaired) electrons. The highest BCUT2D eigenvalue weighted by atomic mass is 16.5. The highest BCUT2D eigenvalue weighted by molar-refractivity contribution is 5.83. The van der Waals surface area contributed by atoms with E-state index in [1.807, 2.05) is 46.1 Å². The number of carbonyl (C=O) groups excluding carboxylic acids is 1. The number of piperidine rings is 1. The van der Waals surface area contributed by atoms with Gasteiger partial charge in [0, 0.05) is 25.4 Å². The summed E-state index contributed by atoms with van der Waals surface area (Å²) >= 11 is 0. The Balaban J connectivity index is 1.48. The molecule has 2 aromatic rings. The van der Waals surface area contributed by atoms with Crippen molar-refractivity contribution < 1.29 is 9.53 Å². The van der Waals surface area contributed by atoms with Crippen LogP contribution in [0, 0.1) is 0 Å². The van der Waals surface area contributed by atoms with Crippen molar-refractivity contribution in [1.82, 2.24) is 14.7 Å². The van der Waals surface area contributed by atoms with Gasteiger partial charge in [-0.25, -0.2) is 0 Å². The molecule has 0 spiro atoms. The number of nitrogens with zero attached hydrogens (tertiary/aromatic N) is 3. The van der Waals surface area contributed by atoms with Crippen LogP contribution in [0.25, 0.3) is 0 Å². The molecule has 1 saturated heterocycles. The summed E-state index contributed by atoms with van der Waals surface area (Å²) < 4.78 is 7.81. The van der Waals surface area contributed by atoms with E-state index in [4.69, 9.17) is 4.74 Å². The molecular formula is C18H21N3O2. The van der Waals surface area contributed by atoms with Crippen LogP contribution in [-0.4, -0.2) is 39.3 Å². The molecule has 0 unspecified atom stereocenters. The number of amides is 1. The molecule has 0 N–H and O–H groups in total. The normalized spacial score (nSPS) is 23.4. The number of carbonyl (C=O) groups is 1. The third-order valence-corrected chi connectivity index (χ3v) is 4.79. The average Bonchev–Trinajstić information content (AvgIpc) is 3.23. The monoisotopic (exact) mass is 311 g/mol. The van der Waals surface area contributed by atoms with Gasteiger partial charge in [-0.1, -0.05) is 18.2 Å². The van der Waals surface area contributed by atoms with Crippen molar-refractivity contribution in [2.75, 3.05) is 6.54 Å². The first-order valence-electron chi connectivity index (χ1n) is 8.34. The van der Waals surface area contributed by atoms with Gasteiger partial charge in [0.25, 0.3) is 5.91 Å². The number of benzene rings is 1. The minimum Gasteiger partial charge on any atom is -0.480 e. The van der Waals surface area contributed by atoms with Gasteiger partial charge in [0.1, 0.15) is 5.75 Å². The molecule has 1 fully saturated rings. The lowest BCUT2D eigenvalue weighted by molar-refractivity contribution is -0.142. The number of hydrogen-bond donors (Lipinski definition) is 0. The maximum atomic E-state index is 13.0. The Hall–Kier alpha value is -2.30. The Labute approximate surface area is 135 Å². The van der Waals surface area contributed by atoms with Crippen molar-refractivity contribution in [3.63, 3.8) is 0 Å². The lowest BCUT2D eigenvalue weighted by Gasteiger charge is -2.37. The quantitative estimate of drug-likeness (QED) is 0.873. The van der Waals surface area contributed by atoms with Gasteiger partial charge in [-0.2, -0.15) is 5.10 Å². The number of ether oxygens (including phenoxy) is 1. The summed E-state index contributed by atoms with van der Waals surface area (Å²) in [6, 6.07) is 10.1. The minimum atomic E-state index is -0.370. The second kappa shape index (κ2) is 6.07. The minimum absolute atomic E-state index is 0.123. The molecule has 1 aromatic carbocycles. The molecule has 2 atom stereocenters. The Morgan fingerprint density at radius 3 is 3.00 bits per heavy atom. The molecule has 5 heteroatoms. The van der Waals surface area contributed by atoms with Crippen LogP contribution in [0.2, 0.25) is 0 Å². The summed E-state index contributed by atoms with van der Waals surface area (Å²) in [6.45, 7) is 1.58. The van der Waals surface area contributed by atoms with Crippen molar-refractivity contribution in [1.29, 1.82) is 0 Å². The topological polar surface area (TPSA) is 47.4 Å². The molecule has 0 saturated carbocycles. The van der Waals surface area contributed by atoms with Crippen molar-refractivity contribution in [2.24, 2.45) is 0 Å². The number of hydrogen-bond acceptors (Lipinski definition) is 3. The van der Waals surface area contributed by atoms with Crippen LogP contribution in [-0.2, 0) is 17.8 Å². The summed E-state index contributed by atoms with van der Waals surface area (Å²) in [6.07, 6.45) is 7.32. The molecule has 1 aromatic heterocycles. The predicted octanol–water partition coefficient (Wildman–Crippen LogP) is 2.27. The van der Waals surface area contributed by atoms with Gasteiger partial charge in [-0.05, 0) is 37.0 Å². The van der Waals surface area contributed by atoms with Crippen molar-refractivity contribution in [3.05, 3.63) is 48.3 Å². The van der Waals surface area contributed by atoms with Crippen LogP contribution >= 0.6 is 0 Å². The van der Waals surface area contributed by atoms with E-state index >= 15 is 0 Å². The first-order valence-corrected chi connectivity index (χ1v) is 8.34. The Morgan fingerprint density at radius 2 is 2.17 bits per heavy atom. The van der Waals surface area contributed by atoms with Gasteiger partial charge in [0.15, 0.2) is 6.10 Å². The molecule has 2 aliphatic heterocycles. The molecule has 120 valence electrons. The van der Waals surface area contributed by atoms with Crippen LogP contribution < -0.4 is 4.74 Å². The van der Waals surface area contributed by atoms with Crippen LogP contribution in [0.4, 0.5) is 0 Å². The SMILES string of the molecule is O=C([C@H]1Cc2ccccc2O1)N1CCCC[C@H]1Cn1cccn1. The van der Waals surface area contributed by atoms with Crippen LogP contribution in [0.1, 0.15) is 24.8 Å². The summed E-state index contributed by atoms with van der Waals surface area (Å²) in [5, 5.41) is 4.28. The van der Waals surface area contributed by atoms with Gasteiger partial charge in [0.05, 0.1) is 12.6 Å². The Kier molecular flexibility index (Phi) is 3.77. The fourth-order valence-corrected chi connectivity index (χ4v) is 3.61. The van der Waals surface area contributed by atoms with Crippen LogP contribution in [0.15, 0.2) is 42.7 Å². The number of likely N-dealkylation sites (tertiary alicyclic amines) is 1. The van der Waals surface area contributed by atoms with Crippen LogP contribution in [0.3, 0.4) is 0 Å². The van der Waals surface area contributed by atoms with Gasteiger partial charge < -0.3 is 9.64 Å². The fraction of sp³-hybridized carbons (Fsp3) is 0.444. The molecule has 5 nitrogen and oxygen atoms in total. The van der Waals surface area contributed by atoms with E-state index in [1.54, 1.807) is 6.20 Å². The highest BCUT2D eigenvalue weighted by Gasteiger charge is 2.36. The standard InChI is InChI=1S/C18H21N3O2/c22-18(17-12-14-6-1-2-8-16(14)23-17)21-11-4-3-7-15(21)13-20-10-5-9-19-20/h1-2,5-6,8-10,15,17H,3-4,7,11-13H2/t15-,17+/m0/s1. The lowest BCUT2D eigenvalue weighted by atomic mass is 10.0. The van der Waals surface area contributed by atoms with E-state index < -0.39 is 0 Å². The second-order valence-corrected chi connectivity index (χ2v) is 6.33. The number of aromatic nitrogens is 2. The van der Waals surface area contributed by atoms with E-state index in [9.17, 15) is 4.79 Å². The van der Waals surface area contributed by atoms with E-state index in [2.05, 4.69) is 5.10 Å². The third-order valence-electron chi connectivity index (χ3n) is 4.79. The summed E-state index contributed by atoms with van der Waals surface area (Å²) in [5.74, 6) is 0.976. The smallest absolute Gasteiger partial charge is 0.264 e. The zero-order chi connectivity index (χ0) is 15.6. The van der Waals surface area contributed by atoms with E-state index in [0.717, 1.165) is 37.2 Å². The molecule has 0 aliphatic carbocycles. The van der Waals surface area contributed by atoms with E-state index in [0.29, 0.717) is 6.42 Å². The van der Waals surface area contributed by atoms with E-state index in [-0.39, 0.29) is 18.1 Å². The van der Waals surface area contributed by atoms with Gasteiger partial charge >= 0.3 is 0 Å². The largest absolute Gasteiger partial charge is 0.480 e. The molecular weight excluding hydrogens is 290 g/mol. The Morgan fingerprint density at radius 1 is 1.26 bits per heavy atom. The van der Waals surface area contributed by atoms with Crippen molar-refractivity contribution in [2.45, 2.75) is 44.4 Å². The number of fused-ring (bicyclic) bond motifs is 1. The highest BCUT2D eigenvalue weighted by Crippen LogP contribution is 2.30. The molecule has 0 bridgehead atoms. The lowest BCUT2D eigenvalue weighted by Crippen LogP contribution is -2.50. The van der Waals surface area contributed by atoms with Crippen LogP contribution in [0.5, 0.6) is 5.75 Å². The fourth-order valence-electron chi connectivity index (χ4n) is 3.61. The van der Waals surface area contributed by atoms with E-state index in [1.165, 1.54) is 6.42 Å². The second-order valence-electron chi connectivity index (χ2n) is 6.33. The molecule has 1 amide bonds. The van der Waals surface area contributed by atoms with Crippen molar-refractivity contribution >= 4 is 5.91 Å². The predicted molar refractivity (Wildman–Crippen MR) is 86.1 cm³/mol. The molecule has 4 rings (SSSR count). The maximum Gasteiger partial charge on any atom is 0.264 e. The molecule has 2 aliphatic rings. The molecule has 23 heavy (non-hydrogen) atoms.